The van der Waals surface area contributed by atoms with E-state index in [0.717, 1.165) is 0 Å². The molecular weight excluding hydrogens is 302 g/mol. The maximum Gasteiger partial charge on any atom is 0.282 e. The predicted octanol–water partition coefficient (Wildman–Crippen LogP) is 3.63. The number of rotatable bonds is 5. The van der Waals surface area contributed by atoms with Gasteiger partial charge in [-0.1, -0.05) is 12.1 Å². The maximum absolute atomic E-state index is 13.4. The van der Waals surface area contributed by atoms with Crippen molar-refractivity contribution in [2.75, 3.05) is 6.61 Å². The number of hydrogen-bond donors (Lipinski definition) is 1. The van der Waals surface area contributed by atoms with E-state index in [1.807, 2.05) is 13.0 Å². The first-order chi connectivity index (χ1) is 11.2. The van der Waals surface area contributed by atoms with Gasteiger partial charge in [-0.05, 0) is 43.5 Å². The molecule has 1 aromatic carbocycles. The summed E-state index contributed by atoms with van der Waals surface area (Å²) in [4.78, 5) is 0. The molecule has 23 heavy (non-hydrogen) atoms. The van der Waals surface area contributed by atoms with E-state index >= 15 is 0 Å². The number of nitrogens with zero attached hydrogens (tertiary/aromatic N) is 2. The monoisotopic (exact) mass is 320 g/mol. The molecule has 0 saturated heterocycles. The molecule has 0 amide bonds. The molecule has 0 fully saturated rings. The zero-order valence-electron chi connectivity index (χ0n) is 12.8. The van der Waals surface area contributed by atoms with Crippen LogP contribution in [0.4, 0.5) is 8.78 Å². The van der Waals surface area contributed by atoms with Crippen molar-refractivity contribution in [1.29, 1.82) is 0 Å². The van der Waals surface area contributed by atoms with Gasteiger partial charge in [0.15, 0.2) is 0 Å². The molecule has 1 aromatic heterocycles. The summed E-state index contributed by atoms with van der Waals surface area (Å²) in [7, 11) is 0. The Balaban J connectivity index is 2.19. The summed E-state index contributed by atoms with van der Waals surface area (Å²) in [5.41, 5.74) is 2.26. The standard InChI is InChI=1S/C17H18F2N2O2/c1-2-23-14-8-4-7-13-15(17(18)19)20-21(16(13)14)12-6-3-5-11(9-12)10-22/h3,5-6,8-9,17,22H,2,4,7,10H2,1H3. The number of ether oxygens (including phenoxy) is 1. The molecule has 0 saturated carbocycles. The van der Waals surface area contributed by atoms with Gasteiger partial charge in [0.05, 0.1) is 18.9 Å². The lowest BCUT2D eigenvalue weighted by Crippen LogP contribution is -2.08. The Labute approximate surface area is 133 Å². The second-order valence-electron chi connectivity index (χ2n) is 5.29. The first-order valence-corrected chi connectivity index (χ1v) is 7.59. The first-order valence-electron chi connectivity index (χ1n) is 7.59. The number of aliphatic hydroxyl groups excluding tert-OH is 1. The molecule has 4 nitrogen and oxygen atoms in total. The van der Waals surface area contributed by atoms with Gasteiger partial charge in [0, 0.05) is 5.56 Å². The SMILES string of the molecule is CCOC1=CCCc2c(C(F)F)nn(-c3cccc(CO)c3)c21. The number of aromatic nitrogens is 2. The van der Waals surface area contributed by atoms with E-state index in [9.17, 15) is 13.9 Å². The predicted molar refractivity (Wildman–Crippen MR) is 82.4 cm³/mol. The van der Waals surface area contributed by atoms with Crippen LogP contribution in [0.5, 0.6) is 0 Å². The Morgan fingerprint density at radius 1 is 1.39 bits per heavy atom. The van der Waals surface area contributed by atoms with E-state index in [-0.39, 0.29) is 12.3 Å². The highest BCUT2D eigenvalue weighted by atomic mass is 19.3. The van der Waals surface area contributed by atoms with E-state index in [4.69, 9.17) is 4.74 Å². The third-order valence-corrected chi connectivity index (χ3v) is 3.82. The summed E-state index contributed by atoms with van der Waals surface area (Å²) in [5.74, 6) is 0.586. The number of benzene rings is 1. The fraction of sp³-hybridized carbons (Fsp3) is 0.353. The Morgan fingerprint density at radius 3 is 2.91 bits per heavy atom. The van der Waals surface area contributed by atoms with Gasteiger partial charge in [0.25, 0.3) is 6.43 Å². The van der Waals surface area contributed by atoms with E-state index in [0.29, 0.717) is 47.7 Å². The van der Waals surface area contributed by atoms with Crippen LogP contribution in [-0.2, 0) is 17.8 Å². The normalized spacial score (nSPS) is 13.9. The molecular formula is C17H18F2N2O2. The highest BCUT2D eigenvalue weighted by Gasteiger charge is 2.29. The summed E-state index contributed by atoms with van der Waals surface area (Å²) in [5, 5.41) is 13.4. The summed E-state index contributed by atoms with van der Waals surface area (Å²) in [6.45, 7) is 2.19. The molecule has 3 rings (SSSR count). The molecule has 0 bridgehead atoms. The molecule has 1 heterocycles. The number of allylic oxidation sites excluding steroid dienone is 1. The molecule has 0 aliphatic heterocycles. The number of alkyl halides is 2. The smallest absolute Gasteiger partial charge is 0.282 e. The third-order valence-electron chi connectivity index (χ3n) is 3.82. The molecule has 1 aliphatic rings. The zero-order chi connectivity index (χ0) is 16.4. The highest BCUT2D eigenvalue weighted by Crippen LogP contribution is 2.35. The molecule has 6 heteroatoms. The quantitative estimate of drug-likeness (QED) is 0.915. The average molecular weight is 320 g/mol. The molecule has 122 valence electrons. The lowest BCUT2D eigenvalue weighted by atomic mass is 10.00. The van der Waals surface area contributed by atoms with E-state index in [1.54, 1.807) is 24.3 Å². The zero-order valence-corrected chi connectivity index (χ0v) is 12.8. The maximum atomic E-state index is 13.4. The minimum absolute atomic E-state index is 0.118. The van der Waals surface area contributed by atoms with Crippen LogP contribution >= 0.6 is 0 Å². The molecule has 0 unspecified atom stereocenters. The Morgan fingerprint density at radius 2 is 2.22 bits per heavy atom. The molecule has 1 aliphatic carbocycles. The van der Waals surface area contributed by atoms with Crippen LogP contribution in [0.1, 0.15) is 42.3 Å². The lowest BCUT2D eigenvalue weighted by molar-refractivity contribution is 0.144. The fourth-order valence-electron chi connectivity index (χ4n) is 2.84. The number of aliphatic hydroxyl groups is 1. The van der Waals surface area contributed by atoms with Crippen molar-refractivity contribution in [1.82, 2.24) is 9.78 Å². The molecule has 0 spiro atoms. The molecule has 0 radical (unpaired) electrons. The van der Waals surface area contributed by atoms with E-state index in [1.165, 1.54) is 4.68 Å². The summed E-state index contributed by atoms with van der Waals surface area (Å²) < 4.78 is 33.9. The highest BCUT2D eigenvalue weighted by molar-refractivity contribution is 5.65. The van der Waals surface area contributed by atoms with Gasteiger partial charge in [-0.3, -0.25) is 0 Å². The van der Waals surface area contributed by atoms with Crippen LogP contribution in [0.25, 0.3) is 11.4 Å². The fourth-order valence-corrected chi connectivity index (χ4v) is 2.84. The van der Waals surface area contributed by atoms with Crippen LogP contribution in [0.2, 0.25) is 0 Å². The number of hydrogen-bond acceptors (Lipinski definition) is 3. The van der Waals surface area contributed by atoms with Gasteiger partial charge in [0.2, 0.25) is 0 Å². The molecule has 0 atom stereocenters. The van der Waals surface area contributed by atoms with E-state index in [2.05, 4.69) is 5.10 Å². The van der Waals surface area contributed by atoms with Crippen molar-refractivity contribution in [3.63, 3.8) is 0 Å². The minimum Gasteiger partial charge on any atom is -0.492 e. The minimum atomic E-state index is -2.63. The summed E-state index contributed by atoms with van der Waals surface area (Å²) in [6.07, 6.45) is 0.456. The molecule has 2 aromatic rings. The van der Waals surface area contributed by atoms with Crippen molar-refractivity contribution < 1.29 is 18.6 Å². The van der Waals surface area contributed by atoms with Crippen LogP contribution in [0, 0.1) is 0 Å². The van der Waals surface area contributed by atoms with Crippen molar-refractivity contribution in [3.05, 3.63) is 52.9 Å². The Bertz CT molecular complexity index is 738. The topological polar surface area (TPSA) is 47.3 Å². The molecule has 1 N–H and O–H groups in total. The van der Waals surface area contributed by atoms with Crippen molar-refractivity contribution in [2.45, 2.75) is 32.8 Å². The van der Waals surface area contributed by atoms with Gasteiger partial charge >= 0.3 is 0 Å². The first kappa shape index (κ1) is 15.7. The summed E-state index contributed by atoms with van der Waals surface area (Å²) in [6, 6.07) is 7.05. The van der Waals surface area contributed by atoms with Crippen molar-refractivity contribution >= 4 is 5.76 Å². The van der Waals surface area contributed by atoms with Crippen LogP contribution in [0.15, 0.2) is 30.3 Å². The van der Waals surface area contributed by atoms with Crippen molar-refractivity contribution in [3.8, 4) is 5.69 Å². The lowest BCUT2D eigenvalue weighted by Gasteiger charge is -2.17. The Hall–Kier alpha value is -2.21. The third kappa shape index (κ3) is 2.86. The van der Waals surface area contributed by atoms with Crippen molar-refractivity contribution in [2.24, 2.45) is 0 Å². The second kappa shape index (κ2) is 6.50. The van der Waals surface area contributed by atoms with Gasteiger partial charge < -0.3 is 9.84 Å². The van der Waals surface area contributed by atoms with Crippen LogP contribution < -0.4 is 0 Å². The van der Waals surface area contributed by atoms with Gasteiger partial charge in [-0.25, -0.2) is 13.5 Å². The largest absolute Gasteiger partial charge is 0.492 e. The number of halogens is 2. The average Bonchev–Trinajstić information content (AvgIpc) is 2.96. The number of fused-ring (bicyclic) bond motifs is 1. The van der Waals surface area contributed by atoms with Gasteiger partial charge in [-0.15, -0.1) is 0 Å². The van der Waals surface area contributed by atoms with Crippen LogP contribution in [0.3, 0.4) is 0 Å². The van der Waals surface area contributed by atoms with Gasteiger partial charge in [-0.2, -0.15) is 5.10 Å². The van der Waals surface area contributed by atoms with Gasteiger partial charge in [0.1, 0.15) is 17.1 Å². The van der Waals surface area contributed by atoms with Crippen LogP contribution in [-0.4, -0.2) is 21.5 Å². The van der Waals surface area contributed by atoms with E-state index < -0.39 is 6.43 Å². The Kier molecular flexibility index (Phi) is 4.43. The second-order valence-corrected chi connectivity index (χ2v) is 5.29. The summed E-state index contributed by atoms with van der Waals surface area (Å²) >= 11 is 0.